The standard InChI is InChI=1S/C31H32N2O6/c1-4-7-16-37-26-15-12-20(17-28(26)36-6-3)29-22-14-13-21(18-27(22)39-30(33)24(29)19-32)38-31(34)23-10-8-9-11-25(23)35-5-2/h8-15,17-18,29H,4-7,16,33H2,1-3H3. The van der Waals surface area contributed by atoms with Crippen molar-refractivity contribution in [3.05, 3.63) is 88.8 Å². The lowest BCUT2D eigenvalue weighted by Crippen LogP contribution is -2.21. The van der Waals surface area contributed by atoms with Gasteiger partial charge in [0.15, 0.2) is 11.5 Å². The van der Waals surface area contributed by atoms with Crippen LogP contribution in [0.4, 0.5) is 0 Å². The molecule has 4 rings (SSSR count). The molecule has 8 heteroatoms. The van der Waals surface area contributed by atoms with Gasteiger partial charge in [-0.2, -0.15) is 5.26 Å². The topological polar surface area (TPSA) is 113 Å². The highest BCUT2D eigenvalue weighted by Crippen LogP contribution is 2.45. The number of carbonyl (C=O) groups is 1. The molecule has 0 saturated heterocycles. The van der Waals surface area contributed by atoms with Crippen LogP contribution < -0.4 is 29.4 Å². The zero-order valence-electron chi connectivity index (χ0n) is 22.4. The van der Waals surface area contributed by atoms with Crippen LogP contribution in [-0.2, 0) is 0 Å². The van der Waals surface area contributed by atoms with E-state index in [1.807, 2.05) is 32.0 Å². The summed E-state index contributed by atoms with van der Waals surface area (Å²) in [5, 5.41) is 9.95. The van der Waals surface area contributed by atoms with Gasteiger partial charge in [0.2, 0.25) is 5.88 Å². The number of esters is 1. The number of para-hydroxylation sites is 1. The Morgan fingerprint density at radius 3 is 2.46 bits per heavy atom. The lowest BCUT2D eigenvalue weighted by atomic mass is 9.83. The van der Waals surface area contributed by atoms with E-state index in [1.54, 1.807) is 42.5 Å². The number of benzene rings is 3. The fourth-order valence-corrected chi connectivity index (χ4v) is 4.34. The molecule has 0 saturated carbocycles. The maximum Gasteiger partial charge on any atom is 0.347 e. The fraction of sp³-hybridized carbons (Fsp3) is 0.290. The highest BCUT2D eigenvalue weighted by Gasteiger charge is 2.32. The number of carbonyl (C=O) groups excluding carboxylic acids is 1. The third kappa shape index (κ3) is 6.10. The van der Waals surface area contributed by atoms with Gasteiger partial charge in [-0.1, -0.05) is 37.6 Å². The van der Waals surface area contributed by atoms with Gasteiger partial charge in [-0.05, 0) is 56.2 Å². The molecule has 0 aromatic heterocycles. The Labute approximate surface area is 228 Å². The van der Waals surface area contributed by atoms with Gasteiger partial charge >= 0.3 is 5.97 Å². The van der Waals surface area contributed by atoms with Crippen LogP contribution in [0.1, 0.15) is 61.0 Å². The van der Waals surface area contributed by atoms with Gasteiger partial charge in [0.25, 0.3) is 0 Å². The average Bonchev–Trinajstić information content (AvgIpc) is 2.93. The second-order valence-corrected chi connectivity index (χ2v) is 8.78. The number of nitrogens with two attached hydrogens (primary N) is 1. The van der Waals surface area contributed by atoms with Crippen LogP contribution in [0.25, 0.3) is 0 Å². The van der Waals surface area contributed by atoms with Crippen LogP contribution in [0, 0.1) is 11.3 Å². The molecule has 2 N–H and O–H groups in total. The maximum absolute atomic E-state index is 12.9. The van der Waals surface area contributed by atoms with Crippen LogP contribution in [0.15, 0.2) is 72.1 Å². The minimum Gasteiger partial charge on any atom is -0.493 e. The predicted molar refractivity (Wildman–Crippen MR) is 146 cm³/mol. The molecule has 0 spiro atoms. The summed E-state index contributed by atoms with van der Waals surface area (Å²) in [6, 6.07) is 19.7. The number of ether oxygens (including phenoxy) is 5. The number of allylic oxidation sites excluding steroid dienone is 1. The van der Waals surface area contributed by atoms with Gasteiger partial charge in [-0.15, -0.1) is 0 Å². The first-order valence-corrected chi connectivity index (χ1v) is 13.1. The number of unbranched alkanes of at least 4 members (excludes halogenated alkanes) is 1. The Kier molecular flexibility index (Phi) is 8.95. The van der Waals surface area contributed by atoms with Gasteiger partial charge in [0.1, 0.15) is 34.5 Å². The van der Waals surface area contributed by atoms with Crippen LogP contribution in [0.5, 0.6) is 28.7 Å². The van der Waals surface area contributed by atoms with E-state index in [1.165, 1.54) is 0 Å². The Balaban J connectivity index is 1.67. The van der Waals surface area contributed by atoms with Crippen LogP contribution in [-0.4, -0.2) is 25.8 Å². The lowest BCUT2D eigenvalue weighted by molar-refractivity contribution is 0.0730. The highest BCUT2D eigenvalue weighted by atomic mass is 16.5. The van der Waals surface area contributed by atoms with E-state index >= 15 is 0 Å². The first kappa shape index (κ1) is 27.4. The van der Waals surface area contributed by atoms with Crippen LogP contribution >= 0.6 is 0 Å². The summed E-state index contributed by atoms with van der Waals surface area (Å²) in [6.45, 7) is 7.31. The average molecular weight is 529 g/mol. The van der Waals surface area contributed by atoms with Crippen molar-refractivity contribution in [2.24, 2.45) is 5.73 Å². The van der Waals surface area contributed by atoms with Crippen LogP contribution in [0.3, 0.4) is 0 Å². The quantitative estimate of drug-likeness (QED) is 0.180. The highest BCUT2D eigenvalue weighted by molar-refractivity contribution is 5.94. The molecule has 1 heterocycles. The molecule has 0 aliphatic carbocycles. The normalized spacial score (nSPS) is 14.1. The molecule has 1 atom stereocenters. The van der Waals surface area contributed by atoms with Crippen molar-refractivity contribution >= 4 is 5.97 Å². The first-order chi connectivity index (χ1) is 19.0. The van der Waals surface area contributed by atoms with Crippen LogP contribution in [0.2, 0.25) is 0 Å². The smallest absolute Gasteiger partial charge is 0.347 e. The van der Waals surface area contributed by atoms with Crippen molar-refractivity contribution in [2.75, 3.05) is 19.8 Å². The SMILES string of the molecule is CCCCOc1ccc(C2C(C#N)=C(N)Oc3cc(OC(=O)c4ccccc4OCC)ccc32)cc1OCC. The summed E-state index contributed by atoms with van der Waals surface area (Å²) in [4.78, 5) is 12.9. The number of hydrogen-bond acceptors (Lipinski definition) is 8. The lowest BCUT2D eigenvalue weighted by Gasteiger charge is -2.27. The number of nitriles is 1. The Bertz CT molecular complexity index is 1410. The second-order valence-electron chi connectivity index (χ2n) is 8.78. The van der Waals surface area contributed by atoms with Gasteiger partial charge in [-0.3, -0.25) is 0 Å². The molecule has 3 aromatic carbocycles. The molecule has 0 amide bonds. The van der Waals surface area contributed by atoms with Crippen molar-refractivity contribution in [2.45, 2.75) is 39.5 Å². The molecular formula is C31H32N2O6. The first-order valence-electron chi connectivity index (χ1n) is 13.1. The van der Waals surface area contributed by atoms with Gasteiger partial charge in [0.05, 0.1) is 25.7 Å². The molecule has 1 aliphatic rings. The molecule has 0 radical (unpaired) electrons. The van der Waals surface area contributed by atoms with Gasteiger partial charge in [-0.25, -0.2) is 4.79 Å². The molecule has 202 valence electrons. The van der Waals surface area contributed by atoms with Crippen molar-refractivity contribution in [3.63, 3.8) is 0 Å². The summed E-state index contributed by atoms with van der Waals surface area (Å²) in [5.41, 5.74) is 8.28. The monoisotopic (exact) mass is 528 g/mol. The third-order valence-electron chi connectivity index (χ3n) is 6.16. The molecule has 1 aliphatic heterocycles. The summed E-state index contributed by atoms with van der Waals surface area (Å²) in [7, 11) is 0. The van der Waals surface area contributed by atoms with E-state index in [9.17, 15) is 10.1 Å². The van der Waals surface area contributed by atoms with E-state index in [2.05, 4.69) is 13.0 Å². The molecule has 0 fully saturated rings. The van der Waals surface area contributed by atoms with Crippen molar-refractivity contribution in [1.29, 1.82) is 5.26 Å². The van der Waals surface area contributed by atoms with Crippen molar-refractivity contribution < 1.29 is 28.5 Å². The molecule has 1 unspecified atom stereocenters. The van der Waals surface area contributed by atoms with E-state index in [0.717, 1.165) is 18.4 Å². The molecule has 0 bridgehead atoms. The van der Waals surface area contributed by atoms with Crippen molar-refractivity contribution in [3.8, 4) is 34.8 Å². The Hall–Kier alpha value is -4.64. The molecule has 39 heavy (non-hydrogen) atoms. The summed E-state index contributed by atoms with van der Waals surface area (Å²) in [6.07, 6.45) is 1.95. The summed E-state index contributed by atoms with van der Waals surface area (Å²) in [5.74, 6) is 1.25. The number of hydrogen-bond donors (Lipinski definition) is 1. The molecule has 3 aromatic rings. The third-order valence-corrected chi connectivity index (χ3v) is 6.16. The van der Waals surface area contributed by atoms with E-state index in [4.69, 9.17) is 29.4 Å². The minimum absolute atomic E-state index is 0.0126. The molecular weight excluding hydrogens is 496 g/mol. The fourth-order valence-electron chi connectivity index (χ4n) is 4.34. The predicted octanol–water partition coefficient (Wildman–Crippen LogP) is 6.10. The number of nitrogens with zero attached hydrogens (tertiary/aromatic N) is 1. The van der Waals surface area contributed by atoms with E-state index in [-0.39, 0.29) is 17.2 Å². The zero-order valence-corrected chi connectivity index (χ0v) is 22.4. The van der Waals surface area contributed by atoms with Gasteiger partial charge < -0.3 is 29.4 Å². The maximum atomic E-state index is 12.9. The zero-order chi connectivity index (χ0) is 27.8. The minimum atomic E-state index is -0.562. The van der Waals surface area contributed by atoms with Gasteiger partial charge in [0, 0.05) is 11.6 Å². The summed E-state index contributed by atoms with van der Waals surface area (Å²) >= 11 is 0. The number of rotatable bonds is 11. The Morgan fingerprint density at radius 1 is 0.949 bits per heavy atom. The van der Waals surface area contributed by atoms with Crippen molar-refractivity contribution in [1.82, 2.24) is 0 Å². The summed E-state index contributed by atoms with van der Waals surface area (Å²) < 4.78 is 28.8. The largest absolute Gasteiger partial charge is 0.493 e. The van der Waals surface area contributed by atoms with E-state index in [0.29, 0.717) is 53.9 Å². The van der Waals surface area contributed by atoms with E-state index < -0.39 is 11.9 Å². The Morgan fingerprint density at radius 2 is 1.72 bits per heavy atom. The molecule has 8 nitrogen and oxygen atoms in total. The second kappa shape index (κ2) is 12.7. The number of fused-ring (bicyclic) bond motifs is 1.